The lowest BCUT2D eigenvalue weighted by atomic mass is 10.0. The Kier molecular flexibility index (Phi) is 3.55. The highest BCUT2D eigenvalue weighted by molar-refractivity contribution is 6.30. The number of hydrogen-bond acceptors (Lipinski definition) is 3. The SMILES string of the molecule is CCc1cc(Cl)cc(C(O)C(=O)O)c1O. The molecule has 1 rings (SSSR count). The third-order valence-corrected chi connectivity index (χ3v) is 2.31. The number of carbonyl (C=O) groups is 1. The highest BCUT2D eigenvalue weighted by atomic mass is 35.5. The summed E-state index contributed by atoms with van der Waals surface area (Å²) in [5.74, 6) is -1.63. The zero-order valence-electron chi connectivity index (χ0n) is 8.07. The Morgan fingerprint density at radius 3 is 2.60 bits per heavy atom. The van der Waals surface area contributed by atoms with Gasteiger partial charge in [0.1, 0.15) is 5.75 Å². The van der Waals surface area contributed by atoms with Crippen LogP contribution in [0.3, 0.4) is 0 Å². The van der Waals surface area contributed by atoms with Crippen LogP contribution in [0.2, 0.25) is 5.02 Å². The molecule has 3 N–H and O–H groups in total. The van der Waals surface area contributed by atoms with Crippen molar-refractivity contribution in [2.75, 3.05) is 0 Å². The number of phenolic OH excluding ortho intramolecular Hbond substituents is 1. The van der Waals surface area contributed by atoms with Crippen molar-refractivity contribution in [2.45, 2.75) is 19.4 Å². The minimum absolute atomic E-state index is 0.0770. The van der Waals surface area contributed by atoms with Crippen LogP contribution in [0.1, 0.15) is 24.2 Å². The van der Waals surface area contributed by atoms with Crippen molar-refractivity contribution < 1.29 is 20.1 Å². The molecular formula is C10H11ClO4. The second-order valence-corrected chi connectivity index (χ2v) is 3.53. The number of aliphatic hydroxyl groups excluding tert-OH is 1. The summed E-state index contributed by atoms with van der Waals surface area (Å²) in [6.07, 6.45) is -1.25. The van der Waals surface area contributed by atoms with E-state index in [0.717, 1.165) is 0 Å². The summed E-state index contributed by atoms with van der Waals surface area (Å²) in [6.45, 7) is 1.79. The summed E-state index contributed by atoms with van der Waals surface area (Å²) in [5, 5.41) is 27.9. The maximum atomic E-state index is 10.6. The van der Waals surface area contributed by atoms with E-state index < -0.39 is 12.1 Å². The molecule has 82 valence electrons. The Bertz CT molecular complexity index is 389. The van der Waals surface area contributed by atoms with Gasteiger partial charge in [-0.1, -0.05) is 18.5 Å². The molecular weight excluding hydrogens is 220 g/mol. The lowest BCUT2D eigenvalue weighted by Crippen LogP contribution is -2.11. The number of phenols is 1. The largest absolute Gasteiger partial charge is 0.507 e. The maximum absolute atomic E-state index is 10.6. The lowest BCUT2D eigenvalue weighted by molar-refractivity contribution is -0.147. The molecule has 1 aromatic rings. The van der Waals surface area contributed by atoms with Crippen molar-refractivity contribution in [3.8, 4) is 5.75 Å². The van der Waals surface area contributed by atoms with Gasteiger partial charge in [-0.15, -0.1) is 0 Å². The average Bonchev–Trinajstić information content (AvgIpc) is 2.19. The van der Waals surface area contributed by atoms with Gasteiger partial charge < -0.3 is 15.3 Å². The molecule has 0 radical (unpaired) electrons. The number of aliphatic carboxylic acids is 1. The van der Waals surface area contributed by atoms with E-state index in [1.165, 1.54) is 12.1 Å². The average molecular weight is 231 g/mol. The molecule has 0 aliphatic carbocycles. The van der Waals surface area contributed by atoms with Crippen LogP contribution in [-0.4, -0.2) is 21.3 Å². The third kappa shape index (κ3) is 2.40. The monoisotopic (exact) mass is 230 g/mol. The van der Waals surface area contributed by atoms with Crippen molar-refractivity contribution in [1.82, 2.24) is 0 Å². The summed E-state index contributed by atoms with van der Waals surface area (Å²) < 4.78 is 0. The Morgan fingerprint density at radius 2 is 2.13 bits per heavy atom. The van der Waals surface area contributed by atoms with E-state index in [9.17, 15) is 15.0 Å². The molecule has 0 saturated carbocycles. The van der Waals surface area contributed by atoms with Gasteiger partial charge in [0.15, 0.2) is 6.10 Å². The van der Waals surface area contributed by atoms with Gasteiger partial charge in [-0.2, -0.15) is 0 Å². The van der Waals surface area contributed by atoms with E-state index in [0.29, 0.717) is 17.0 Å². The lowest BCUT2D eigenvalue weighted by Gasteiger charge is -2.11. The van der Waals surface area contributed by atoms with Crippen LogP contribution in [0.25, 0.3) is 0 Å². The predicted molar refractivity (Wildman–Crippen MR) is 55.1 cm³/mol. The molecule has 15 heavy (non-hydrogen) atoms. The first kappa shape index (κ1) is 11.8. The molecule has 0 aliphatic heterocycles. The fourth-order valence-corrected chi connectivity index (χ4v) is 1.54. The summed E-state index contributed by atoms with van der Waals surface area (Å²) >= 11 is 5.73. The van der Waals surface area contributed by atoms with Crippen LogP contribution in [0.5, 0.6) is 5.75 Å². The molecule has 1 aromatic carbocycles. The summed E-state index contributed by atoms with van der Waals surface area (Å²) in [4.78, 5) is 10.6. The molecule has 0 aromatic heterocycles. The number of aliphatic hydroxyl groups is 1. The first-order valence-corrected chi connectivity index (χ1v) is 4.77. The van der Waals surface area contributed by atoms with Crippen LogP contribution in [-0.2, 0) is 11.2 Å². The fraction of sp³-hybridized carbons (Fsp3) is 0.300. The minimum atomic E-state index is -1.76. The van der Waals surface area contributed by atoms with Gasteiger partial charge in [0.05, 0.1) is 0 Å². The Labute approximate surface area is 91.7 Å². The number of rotatable bonds is 3. The first-order chi connectivity index (χ1) is 6.97. The van der Waals surface area contributed by atoms with Gasteiger partial charge in [0.25, 0.3) is 0 Å². The number of benzene rings is 1. The van der Waals surface area contributed by atoms with Gasteiger partial charge in [-0.3, -0.25) is 0 Å². The number of aromatic hydroxyl groups is 1. The molecule has 1 unspecified atom stereocenters. The fourth-order valence-electron chi connectivity index (χ4n) is 1.29. The number of halogens is 1. The van der Waals surface area contributed by atoms with Gasteiger partial charge in [0.2, 0.25) is 0 Å². The van der Waals surface area contributed by atoms with E-state index in [1.54, 1.807) is 6.92 Å². The molecule has 0 aliphatic rings. The molecule has 0 bridgehead atoms. The molecule has 0 saturated heterocycles. The van der Waals surface area contributed by atoms with Gasteiger partial charge >= 0.3 is 5.97 Å². The van der Waals surface area contributed by atoms with E-state index in [-0.39, 0.29) is 11.3 Å². The van der Waals surface area contributed by atoms with Gasteiger partial charge in [0, 0.05) is 10.6 Å². The summed E-state index contributed by atoms with van der Waals surface area (Å²) in [5.41, 5.74) is 0.435. The molecule has 4 nitrogen and oxygen atoms in total. The molecule has 5 heteroatoms. The van der Waals surface area contributed by atoms with Crippen molar-refractivity contribution in [3.63, 3.8) is 0 Å². The highest BCUT2D eigenvalue weighted by Gasteiger charge is 2.21. The van der Waals surface area contributed by atoms with E-state index in [1.807, 2.05) is 0 Å². The number of aryl methyl sites for hydroxylation is 1. The zero-order chi connectivity index (χ0) is 11.6. The summed E-state index contributed by atoms with van der Waals surface area (Å²) in [6, 6.07) is 2.78. The Balaban J connectivity index is 3.28. The zero-order valence-corrected chi connectivity index (χ0v) is 8.82. The second-order valence-electron chi connectivity index (χ2n) is 3.10. The van der Waals surface area contributed by atoms with E-state index >= 15 is 0 Å². The minimum Gasteiger partial charge on any atom is -0.507 e. The molecule has 0 fully saturated rings. The normalized spacial score (nSPS) is 12.5. The number of carboxylic acids is 1. The quantitative estimate of drug-likeness (QED) is 0.739. The van der Waals surface area contributed by atoms with Gasteiger partial charge in [-0.25, -0.2) is 4.79 Å². The van der Waals surface area contributed by atoms with E-state index in [2.05, 4.69) is 0 Å². The van der Waals surface area contributed by atoms with Crippen LogP contribution in [0.4, 0.5) is 0 Å². The summed E-state index contributed by atoms with van der Waals surface area (Å²) in [7, 11) is 0. The Morgan fingerprint density at radius 1 is 1.53 bits per heavy atom. The van der Waals surface area contributed by atoms with Crippen molar-refractivity contribution in [2.24, 2.45) is 0 Å². The number of hydrogen-bond donors (Lipinski definition) is 3. The smallest absolute Gasteiger partial charge is 0.337 e. The van der Waals surface area contributed by atoms with Crippen LogP contribution < -0.4 is 0 Å². The van der Waals surface area contributed by atoms with Crippen molar-refractivity contribution in [1.29, 1.82) is 0 Å². The maximum Gasteiger partial charge on any atom is 0.337 e. The second kappa shape index (κ2) is 4.51. The van der Waals surface area contributed by atoms with Gasteiger partial charge in [-0.05, 0) is 24.1 Å². The molecule has 1 atom stereocenters. The predicted octanol–water partition coefficient (Wildman–Crippen LogP) is 1.73. The van der Waals surface area contributed by atoms with Crippen LogP contribution >= 0.6 is 11.6 Å². The standard InChI is InChI=1S/C10H11ClO4/c1-2-5-3-6(11)4-7(8(5)12)9(13)10(14)15/h3-4,9,12-13H,2H2,1H3,(H,14,15). The topological polar surface area (TPSA) is 77.8 Å². The first-order valence-electron chi connectivity index (χ1n) is 4.39. The molecule has 0 heterocycles. The molecule has 0 spiro atoms. The highest BCUT2D eigenvalue weighted by Crippen LogP contribution is 2.32. The van der Waals surface area contributed by atoms with Crippen molar-refractivity contribution >= 4 is 17.6 Å². The Hall–Kier alpha value is -1.26. The van der Waals surface area contributed by atoms with Crippen LogP contribution in [0.15, 0.2) is 12.1 Å². The third-order valence-electron chi connectivity index (χ3n) is 2.09. The van der Waals surface area contributed by atoms with Crippen LogP contribution in [0, 0.1) is 0 Å². The van der Waals surface area contributed by atoms with E-state index in [4.69, 9.17) is 16.7 Å². The number of carboxylic acid groups (broad SMARTS) is 1. The molecule has 0 amide bonds. The van der Waals surface area contributed by atoms with Crippen molar-refractivity contribution in [3.05, 3.63) is 28.3 Å².